The first-order valence-corrected chi connectivity index (χ1v) is 6.63. The van der Waals surface area contributed by atoms with Gasteiger partial charge in [-0.05, 0) is 31.4 Å². The molecule has 1 aromatic carbocycles. The van der Waals surface area contributed by atoms with Gasteiger partial charge in [-0.1, -0.05) is 12.1 Å². The highest BCUT2D eigenvalue weighted by Crippen LogP contribution is 2.20. The summed E-state index contributed by atoms with van der Waals surface area (Å²) in [5.41, 5.74) is 0.736. The molecule has 0 saturated carbocycles. The Morgan fingerprint density at radius 3 is 3.11 bits per heavy atom. The molecule has 1 unspecified atom stereocenters. The van der Waals surface area contributed by atoms with Crippen LogP contribution in [0.5, 0.6) is 0 Å². The van der Waals surface area contributed by atoms with Crippen molar-refractivity contribution in [2.24, 2.45) is 5.92 Å². The number of benzene rings is 1. The normalized spacial score (nSPS) is 20.2. The molecule has 2 rings (SSSR count). The van der Waals surface area contributed by atoms with Crippen molar-refractivity contribution in [2.75, 3.05) is 26.8 Å². The van der Waals surface area contributed by atoms with Gasteiger partial charge in [0, 0.05) is 25.8 Å². The molecular weight excluding hydrogens is 243 g/mol. The van der Waals surface area contributed by atoms with Gasteiger partial charge in [0.1, 0.15) is 11.9 Å². The molecule has 0 radical (unpaired) electrons. The van der Waals surface area contributed by atoms with Crippen molar-refractivity contribution in [2.45, 2.75) is 19.4 Å². The van der Waals surface area contributed by atoms with Crippen LogP contribution in [0, 0.1) is 23.1 Å². The van der Waals surface area contributed by atoms with Crippen molar-refractivity contribution in [3.8, 4) is 6.07 Å². The molecule has 0 bridgehead atoms. The van der Waals surface area contributed by atoms with Crippen molar-refractivity contribution in [3.05, 3.63) is 35.1 Å². The van der Waals surface area contributed by atoms with Crippen LogP contribution in [0.25, 0.3) is 0 Å². The molecule has 102 valence electrons. The van der Waals surface area contributed by atoms with Gasteiger partial charge >= 0.3 is 0 Å². The van der Waals surface area contributed by atoms with Crippen LogP contribution >= 0.6 is 0 Å². The van der Waals surface area contributed by atoms with Gasteiger partial charge in [-0.25, -0.2) is 4.39 Å². The summed E-state index contributed by atoms with van der Waals surface area (Å²) in [4.78, 5) is 2.24. The molecule has 4 heteroatoms. The van der Waals surface area contributed by atoms with E-state index in [4.69, 9.17) is 10.00 Å². The van der Waals surface area contributed by atoms with E-state index in [1.54, 1.807) is 19.2 Å². The van der Waals surface area contributed by atoms with E-state index in [2.05, 4.69) is 4.90 Å². The van der Waals surface area contributed by atoms with Gasteiger partial charge in [-0.3, -0.25) is 4.90 Å². The Labute approximate surface area is 113 Å². The minimum Gasteiger partial charge on any atom is -0.384 e. The van der Waals surface area contributed by atoms with Gasteiger partial charge < -0.3 is 4.74 Å². The smallest absolute Gasteiger partial charge is 0.145 e. The maximum Gasteiger partial charge on any atom is 0.145 e. The number of nitriles is 1. The molecule has 1 aliphatic rings. The Morgan fingerprint density at radius 2 is 2.37 bits per heavy atom. The molecule has 1 aliphatic heterocycles. The van der Waals surface area contributed by atoms with E-state index in [1.807, 2.05) is 6.07 Å². The molecule has 1 fully saturated rings. The van der Waals surface area contributed by atoms with Gasteiger partial charge in [-0.15, -0.1) is 0 Å². The number of halogens is 1. The quantitative estimate of drug-likeness (QED) is 0.836. The van der Waals surface area contributed by atoms with E-state index in [1.165, 1.54) is 12.5 Å². The van der Waals surface area contributed by atoms with Crippen LogP contribution in [-0.2, 0) is 11.3 Å². The number of hydrogen-bond donors (Lipinski definition) is 0. The first kappa shape index (κ1) is 14.0. The number of likely N-dealkylation sites (tertiary alicyclic amines) is 1. The third-order valence-electron chi connectivity index (χ3n) is 3.60. The predicted molar refractivity (Wildman–Crippen MR) is 71.0 cm³/mol. The summed E-state index contributed by atoms with van der Waals surface area (Å²) < 4.78 is 19.2. The Morgan fingerprint density at radius 1 is 1.53 bits per heavy atom. The molecule has 19 heavy (non-hydrogen) atoms. The highest BCUT2D eigenvalue weighted by molar-refractivity contribution is 5.34. The summed E-state index contributed by atoms with van der Waals surface area (Å²) in [5.74, 6) is 0.153. The fourth-order valence-electron chi connectivity index (χ4n) is 2.70. The predicted octanol–water partition coefficient (Wildman–Crippen LogP) is 2.56. The Bertz CT molecular complexity index is 468. The number of nitrogens with zero attached hydrogens (tertiary/aromatic N) is 2. The number of piperidine rings is 1. The van der Waals surface area contributed by atoms with E-state index in [0.29, 0.717) is 18.0 Å². The SMILES string of the molecule is COCC1CCCN(Cc2cccc(C#N)c2F)C1. The van der Waals surface area contributed by atoms with Gasteiger partial charge in [0.05, 0.1) is 12.2 Å². The lowest BCUT2D eigenvalue weighted by Gasteiger charge is -2.32. The zero-order valence-electron chi connectivity index (χ0n) is 11.2. The first-order chi connectivity index (χ1) is 9.24. The maximum atomic E-state index is 14.0. The number of methoxy groups -OCH3 is 1. The monoisotopic (exact) mass is 262 g/mol. The molecule has 0 spiro atoms. The van der Waals surface area contributed by atoms with Crippen LogP contribution in [0.2, 0.25) is 0 Å². The summed E-state index contributed by atoms with van der Waals surface area (Å²) in [6, 6.07) is 6.91. The van der Waals surface area contributed by atoms with E-state index in [-0.39, 0.29) is 11.4 Å². The molecular formula is C15H19FN2O. The molecule has 0 aromatic heterocycles. The number of hydrogen-bond acceptors (Lipinski definition) is 3. The van der Waals surface area contributed by atoms with Crippen LogP contribution in [0.1, 0.15) is 24.0 Å². The summed E-state index contributed by atoms with van der Waals surface area (Å²) in [5, 5.41) is 8.84. The average Bonchev–Trinajstić information content (AvgIpc) is 2.42. The zero-order valence-corrected chi connectivity index (χ0v) is 11.2. The van der Waals surface area contributed by atoms with Crippen LogP contribution in [-0.4, -0.2) is 31.7 Å². The zero-order chi connectivity index (χ0) is 13.7. The van der Waals surface area contributed by atoms with E-state index >= 15 is 0 Å². The molecule has 0 aliphatic carbocycles. The second kappa shape index (κ2) is 6.65. The standard InChI is InChI=1S/C15H19FN2O/c1-19-11-12-4-3-7-18(9-12)10-14-6-2-5-13(8-17)15(14)16/h2,5-6,12H,3-4,7,9-11H2,1H3. The van der Waals surface area contributed by atoms with Crippen LogP contribution in [0.15, 0.2) is 18.2 Å². The summed E-state index contributed by atoms with van der Waals surface area (Å²) in [6.45, 7) is 3.25. The fourth-order valence-corrected chi connectivity index (χ4v) is 2.70. The largest absolute Gasteiger partial charge is 0.384 e. The molecule has 3 nitrogen and oxygen atoms in total. The van der Waals surface area contributed by atoms with Crippen LogP contribution in [0.4, 0.5) is 4.39 Å². The lowest BCUT2D eigenvalue weighted by atomic mass is 9.98. The topological polar surface area (TPSA) is 36.3 Å². The second-order valence-corrected chi connectivity index (χ2v) is 5.09. The third kappa shape index (κ3) is 3.52. The second-order valence-electron chi connectivity index (χ2n) is 5.09. The Hall–Kier alpha value is -1.44. The van der Waals surface area contributed by atoms with Gasteiger partial charge in [0.25, 0.3) is 0 Å². The van der Waals surface area contributed by atoms with Crippen LogP contribution < -0.4 is 0 Å². The van der Waals surface area contributed by atoms with Gasteiger partial charge in [0.2, 0.25) is 0 Å². The van der Waals surface area contributed by atoms with Gasteiger partial charge in [0.15, 0.2) is 0 Å². The molecule has 1 aromatic rings. The molecule has 1 saturated heterocycles. The average molecular weight is 262 g/mol. The van der Waals surface area contributed by atoms with E-state index in [0.717, 1.165) is 26.1 Å². The van der Waals surface area contributed by atoms with E-state index in [9.17, 15) is 4.39 Å². The fraction of sp³-hybridized carbons (Fsp3) is 0.533. The van der Waals surface area contributed by atoms with Crippen molar-refractivity contribution in [1.82, 2.24) is 4.90 Å². The highest BCUT2D eigenvalue weighted by Gasteiger charge is 2.21. The minimum absolute atomic E-state index is 0.128. The minimum atomic E-state index is -0.376. The third-order valence-corrected chi connectivity index (χ3v) is 3.60. The van der Waals surface area contributed by atoms with Crippen molar-refractivity contribution in [3.63, 3.8) is 0 Å². The number of rotatable bonds is 4. The molecule has 0 amide bonds. The Kier molecular flexibility index (Phi) is 4.89. The summed E-state index contributed by atoms with van der Waals surface area (Å²) in [6.07, 6.45) is 2.29. The molecule has 1 atom stereocenters. The van der Waals surface area contributed by atoms with Gasteiger partial charge in [-0.2, -0.15) is 5.26 Å². The molecule has 1 heterocycles. The van der Waals surface area contributed by atoms with Crippen molar-refractivity contribution < 1.29 is 9.13 Å². The lowest BCUT2D eigenvalue weighted by Crippen LogP contribution is -2.36. The Balaban J connectivity index is 2.03. The summed E-state index contributed by atoms with van der Waals surface area (Å²) >= 11 is 0. The number of ether oxygens (including phenoxy) is 1. The van der Waals surface area contributed by atoms with E-state index < -0.39 is 0 Å². The van der Waals surface area contributed by atoms with Crippen molar-refractivity contribution in [1.29, 1.82) is 5.26 Å². The summed E-state index contributed by atoms with van der Waals surface area (Å²) in [7, 11) is 1.72. The van der Waals surface area contributed by atoms with Crippen LogP contribution in [0.3, 0.4) is 0 Å². The lowest BCUT2D eigenvalue weighted by molar-refractivity contribution is 0.0868. The van der Waals surface area contributed by atoms with Crippen molar-refractivity contribution >= 4 is 0 Å². The highest BCUT2D eigenvalue weighted by atomic mass is 19.1. The molecule has 0 N–H and O–H groups in total. The first-order valence-electron chi connectivity index (χ1n) is 6.63. The maximum absolute atomic E-state index is 14.0.